The molecular formula is C30H40N+. The second-order valence-corrected chi connectivity index (χ2v) is 10.7. The Hall–Kier alpha value is -2.41. The molecule has 0 fully saturated rings. The van der Waals surface area contributed by atoms with Gasteiger partial charge in [-0.2, -0.15) is 0 Å². The van der Waals surface area contributed by atoms with E-state index in [1.54, 1.807) is 6.20 Å². The van der Waals surface area contributed by atoms with E-state index in [1.807, 2.05) is 77.4 Å². The molecule has 0 spiro atoms. The summed E-state index contributed by atoms with van der Waals surface area (Å²) in [5.74, 6) is 0. The van der Waals surface area contributed by atoms with Crippen LogP contribution in [-0.4, -0.2) is 0 Å². The van der Waals surface area contributed by atoms with Crippen LogP contribution < -0.4 is 4.57 Å². The summed E-state index contributed by atoms with van der Waals surface area (Å²) in [5, 5.41) is 0. The number of pyridine rings is 1. The van der Waals surface area contributed by atoms with Crippen LogP contribution in [0.5, 0.6) is 0 Å². The Labute approximate surface area is 195 Å². The van der Waals surface area contributed by atoms with Crippen molar-refractivity contribution in [2.75, 3.05) is 0 Å². The number of aromatic nitrogens is 1. The van der Waals surface area contributed by atoms with E-state index < -0.39 is 23.6 Å². The first-order chi connectivity index (χ1) is 15.9. The Kier molecular flexibility index (Phi) is 5.05. The summed E-state index contributed by atoms with van der Waals surface area (Å²) in [6.45, 7) is 15.4. The molecular weight excluding hydrogens is 374 g/mol. The Bertz CT molecular complexity index is 1230. The van der Waals surface area contributed by atoms with Crippen molar-refractivity contribution in [3.63, 3.8) is 0 Å². The molecule has 0 radical (unpaired) electrons. The smallest absolute Gasteiger partial charge is 0.201 e. The fraction of sp³-hybridized carbons (Fsp3) is 0.433. The van der Waals surface area contributed by atoms with Gasteiger partial charge in [-0.05, 0) is 71.3 Å². The van der Waals surface area contributed by atoms with Crippen LogP contribution in [0, 0.1) is 24.7 Å². The third-order valence-corrected chi connectivity index (χ3v) is 5.23. The summed E-state index contributed by atoms with van der Waals surface area (Å²) in [5.41, 5.74) is 5.86. The van der Waals surface area contributed by atoms with Gasteiger partial charge in [-0.25, -0.2) is 4.57 Å². The molecule has 1 aromatic heterocycles. The van der Waals surface area contributed by atoms with Crippen molar-refractivity contribution in [3.8, 4) is 22.4 Å². The molecule has 0 unspecified atom stereocenters. The highest BCUT2D eigenvalue weighted by atomic mass is 14.9. The topological polar surface area (TPSA) is 3.88 Å². The van der Waals surface area contributed by atoms with Gasteiger partial charge < -0.3 is 0 Å². The molecule has 0 saturated carbocycles. The first kappa shape index (κ1) is 18.2. The van der Waals surface area contributed by atoms with Gasteiger partial charge in [-0.1, -0.05) is 77.9 Å². The lowest BCUT2D eigenvalue weighted by molar-refractivity contribution is -0.660. The number of rotatable bonds is 4. The van der Waals surface area contributed by atoms with Crippen LogP contribution in [0.25, 0.3) is 22.4 Å². The highest BCUT2D eigenvalue weighted by molar-refractivity contribution is 5.75. The van der Waals surface area contributed by atoms with Gasteiger partial charge in [-0.3, -0.25) is 0 Å². The summed E-state index contributed by atoms with van der Waals surface area (Å²) >= 11 is 0. The summed E-state index contributed by atoms with van der Waals surface area (Å²) in [4.78, 5) is 0. The molecule has 0 aliphatic heterocycles. The lowest BCUT2D eigenvalue weighted by Gasteiger charge is -2.24. The van der Waals surface area contributed by atoms with Crippen LogP contribution >= 0.6 is 0 Å². The third kappa shape index (κ3) is 5.85. The molecule has 1 heterocycles. The van der Waals surface area contributed by atoms with E-state index in [-0.39, 0.29) is 0 Å². The number of aryl methyl sites for hydroxylation is 3. The fourth-order valence-corrected chi connectivity index (χ4v) is 3.98. The van der Waals surface area contributed by atoms with Crippen molar-refractivity contribution in [3.05, 3.63) is 77.0 Å². The fourth-order valence-electron chi connectivity index (χ4n) is 3.98. The molecule has 1 heteroatoms. The highest BCUT2D eigenvalue weighted by Crippen LogP contribution is 2.34. The van der Waals surface area contributed by atoms with Gasteiger partial charge >= 0.3 is 0 Å². The van der Waals surface area contributed by atoms with E-state index in [0.29, 0.717) is 11.1 Å². The quantitative estimate of drug-likeness (QED) is 0.383. The van der Waals surface area contributed by atoms with Crippen molar-refractivity contribution >= 4 is 0 Å². The molecule has 0 amide bonds. The van der Waals surface area contributed by atoms with E-state index in [1.165, 1.54) is 5.56 Å². The van der Waals surface area contributed by atoms with E-state index in [9.17, 15) is 0 Å². The predicted octanol–water partition coefficient (Wildman–Crippen LogP) is 7.64. The van der Waals surface area contributed by atoms with Crippen molar-refractivity contribution in [1.29, 1.82) is 0 Å². The molecule has 2 aromatic carbocycles. The van der Waals surface area contributed by atoms with Gasteiger partial charge in [0.2, 0.25) is 5.69 Å². The zero-order chi connectivity index (χ0) is 26.6. The summed E-state index contributed by atoms with van der Waals surface area (Å²) in [6.07, 6.45) is -1.67. The Morgan fingerprint density at radius 1 is 0.742 bits per heavy atom. The lowest BCUT2D eigenvalue weighted by atomic mass is 9.81. The SMILES string of the molecule is [2H]C([2H])(c1cc(-c2cc(-c3ccccc3)c(C)cc2C)[n+](C)cc1C([2H])([2H])C(C)(C)C)C(C)(C)C. The largest absolute Gasteiger partial charge is 0.212 e. The summed E-state index contributed by atoms with van der Waals surface area (Å²) in [6, 6.07) is 16.5. The zero-order valence-corrected chi connectivity index (χ0v) is 20.6. The molecule has 0 atom stereocenters. The van der Waals surface area contributed by atoms with Crippen LogP contribution in [-0.2, 0) is 19.8 Å². The molecule has 0 aliphatic carbocycles. The second kappa shape index (κ2) is 8.61. The van der Waals surface area contributed by atoms with Gasteiger partial charge in [0.25, 0.3) is 0 Å². The standard InChI is InChI=1S/C30H40N/c1-21-15-22(2)27(17-26(21)23-13-11-10-12-14-23)28-16-24(18-29(3,4)5)25(20-31(28)9)19-30(6,7)8/h10-17,20H,18-19H2,1-9H3/q+1/i18D2,19D2. The number of nitrogens with zero attached hydrogens (tertiary/aromatic N) is 1. The predicted molar refractivity (Wildman–Crippen MR) is 134 cm³/mol. The van der Waals surface area contributed by atoms with E-state index in [4.69, 9.17) is 5.48 Å². The number of benzene rings is 2. The van der Waals surface area contributed by atoms with Gasteiger partial charge in [0.1, 0.15) is 7.05 Å². The third-order valence-electron chi connectivity index (χ3n) is 5.23. The van der Waals surface area contributed by atoms with E-state index >= 15 is 0 Å². The monoisotopic (exact) mass is 418 g/mol. The molecule has 164 valence electrons. The average Bonchev–Trinajstić information content (AvgIpc) is 2.73. The molecule has 0 aliphatic rings. The zero-order valence-electron chi connectivity index (χ0n) is 24.6. The van der Waals surface area contributed by atoms with E-state index in [2.05, 4.69) is 38.1 Å². The number of hydrogen-bond donors (Lipinski definition) is 0. The normalized spacial score (nSPS) is 15.1. The molecule has 1 nitrogen and oxygen atoms in total. The Morgan fingerprint density at radius 2 is 1.29 bits per heavy atom. The van der Waals surface area contributed by atoms with Gasteiger partial charge in [0.05, 0.1) is 0 Å². The van der Waals surface area contributed by atoms with Crippen molar-refractivity contribution in [2.45, 2.75) is 68.1 Å². The highest BCUT2D eigenvalue weighted by Gasteiger charge is 2.24. The van der Waals surface area contributed by atoms with Crippen LogP contribution in [0.2, 0.25) is 0 Å². The van der Waals surface area contributed by atoms with Crippen LogP contribution in [0.15, 0.2) is 54.7 Å². The van der Waals surface area contributed by atoms with E-state index in [0.717, 1.165) is 27.9 Å². The maximum Gasteiger partial charge on any atom is 0.212 e. The summed E-state index contributed by atoms with van der Waals surface area (Å²) < 4.78 is 38.2. The molecule has 0 bridgehead atoms. The van der Waals surface area contributed by atoms with Crippen molar-refractivity contribution in [2.24, 2.45) is 17.9 Å². The molecule has 3 rings (SSSR count). The van der Waals surface area contributed by atoms with Gasteiger partial charge in [0, 0.05) is 22.7 Å². The molecule has 31 heavy (non-hydrogen) atoms. The first-order valence-corrected chi connectivity index (χ1v) is 11.1. The number of hydrogen-bond acceptors (Lipinski definition) is 0. The maximum atomic E-state index is 9.13. The lowest BCUT2D eigenvalue weighted by Crippen LogP contribution is -2.33. The van der Waals surface area contributed by atoms with Crippen molar-refractivity contribution in [1.82, 2.24) is 0 Å². The minimum atomic E-state index is -1.75. The van der Waals surface area contributed by atoms with Gasteiger partial charge in [-0.15, -0.1) is 0 Å². The first-order valence-electron chi connectivity index (χ1n) is 13.1. The van der Waals surface area contributed by atoms with Crippen LogP contribution in [0.1, 0.15) is 69.3 Å². The molecule has 0 N–H and O–H groups in total. The minimum absolute atomic E-state index is 0.407. The van der Waals surface area contributed by atoms with Crippen LogP contribution in [0.3, 0.4) is 0 Å². The van der Waals surface area contributed by atoms with Gasteiger partial charge in [0.15, 0.2) is 6.20 Å². The second-order valence-electron chi connectivity index (χ2n) is 10.7. The van der Waals surface area contributed by atoms with Crippen LogP contribution in [0.4, 0.5) is 0 Å². The Morgan fingerprint density at radius 3 is 1.87 bits per heavy atom. The molecule has 3 aromatic rings. The average molecular weight is 419 g/mol. The summed E-state index contributed by atoms with van der Waals surface area (Å²) in [7, 11) is 1.93. The molecule has 0 saturated heterocycles. The van der Waals surface area contributed by atoms with Crippen molar-refractivity contribution < 1.29 is 10.1 Å². The maximum absolute atomic E-state index is 9.13. The Balaban J connectivity index is 2.38. The minimum Gasteiger partial charge on any atom is -0.201 e.